The van der Waals surface area contributed by atoms with Crippen LogP contribution in [0, 0.1) is 13.8 Å². The van der Waals surface area contributed by atoms with Crippen molar-refractivity contribution in [2.45, 2.75) is 20.3 Å². The number of nitrogens with zero attached hydrogens (tertiary/aromatic N) is 1. The molecule has 0 saturated carbocycles. The molecule has 0 unspecified atom stereocenters. The molecule has 8 heteroatoms. The van der Waals surface area contributed by atoms with Crippen LogP contribution in [0.3, 0.4) is 0 Å². The van der Waals surface area contributed by atoms with Crippen molar-refractivity contribution in [2.75, 3.05) is 11.9 Å². The number of anilines is 1. The third-order valence-corrected chi connectivity index (χ3v) is 5.41. The van der Waals surface area contributed by atoms with E-state index in [0.717, 1.165) is 16.3 Å². The molecule has 3 heterocycles. The van der Waals surface area contributed by atoms with Crippen LogP contribution in [-0.2, 0) is 6.42 Å². The van der Waals surface area contributed by atoms with Crippen molar-refractivity contribution in [3.05, 3.63) is 56.7 Å². The van der Waals surface area contributed by atoms with E-state index in [0.29, 0.717) is 22.8 Å². The fourth-order valence-corrected chi connectivity index (χ4v) is 3.89. The van der Waals surface area contributed by atoms with E-state index in [4.69, 9.17) is 4.42 Å². The maximum atomic E-state index is 12.3. The average Bonchev–Trinajstić information content (AvgIpc) is 3.29. The minimum Gasteiger partial charge on any atom is -0.459 e. The van der Waals surface area contributed by atoms with Crippen LogP contribution < -0.4 is 10.6 Å². The lowest BCUT2D eigenvalue weighted by Gasteiger charge is -2.03. The van der Waals surface area contributed by atoms with Gasteiger partial charge in [0, 0.05) is 18.3 Å². The number of thiazole rings is 1. The zero-order chi connectivity index (χ0) is 17.8. The molecule has 0 fully saturated rings. The topological polar surface area (TPSA) is 84.2 Å². The number of nitrogens with one attached hydrogen (secondary N) is 2. The minimum atomic E-state index is -0.336. The van der Waals surface area contributed by atoms with Crippen molar-refractivity contribution in [3.63, 3.8) is 0 Å². The highest BCUT2D eigenvalue weighted by molar-refractivity contribution is 7.18. The highest BCUT2D eigenvalue weighted by Crippen LogP contribution is 2.27. The van der Waals surface area contributed by atoms with Gasteiger partial charge in [-0.25, -0.2) is 4.98 Å². The number of aromatic nitrogens is 1. The highest BCUT2D eigenvalue weighted by Gasteiger charge is 2.16. The number of aryl methyl sites for hydroxylation is 2. The van der Waals surface area contributed by atoms with Gasteiger partial charge in [0.15, 0.2) is 5.76 Å². The lowest BCUT2D eigenvalue weighted by molar-refractivity contribution is 0.0956. The number of hydrogen-bond acceptors (Lipinski definition) is 6. The number of amides is 2. The number of hydrogen-bond donors (Lipinski definition) is 2. The molecule has 0 aromatic carbocycles. The van der Waals surface area contributed by atoms with E-state index in [-0.39, 0.29) is 17.6 Å². The third kappa shape index (κ3) is 4.34. The van der Waals surface area contributed by atoms with Crippen molar-refractivity contribution >= 4 is 39.5 Å². The Labute approximate surface area is 152 Å². The first kappa shape index (κ1) is 17.4. The molecule has 0 spiro atoms. The summed E-state index contributed by atoms with van der Waals surface area (Å²) in [5, 5.41) is 9.27. The first-order chi connectivity index (χ1) is 12.0. The molecule has 0 aliphatic rings. The van der Waals surface area contributed by atoms with Crippen molar-refractivity contribution < 1.29 is 14.0 Å². The Bertz CT molecular complexity index is 881. The quantitative estimate of drug-likeness (QED) is 0.689. The second kappa shape index (κ2) is 7.62. The summed E-state index contributed by atoms with van der Waals surface area (Å²) in [4.78, 5) is 29.3. The zero-order valence-electron chi connectivity index (χ0n) is 13.8. The molecule has 0 aliphatic carbocycles. The summed E-state index contributed by atoms with van der Waals surface area (Å²) < 4.78 is 5.06. The normalized spacial score (nSPS) is 10.6. The molecule has 0 radical (unpaired) electrons. The Morgan fingerprint density at radius 3 is 2.80 bits per heavy atom. The standard InChI is InChI=1S/C17H17N3O3S2/c1-10-8-14(20-16(21)13-4-3-7-23-13)25-15(10)17(22)18-6-5-12-9-24-11(2)19-12/h3-4,7-9H,5-6H2,1-2H3,(H,18,22)(H,20,21). The summed E-state index contributed by atoms with van der Waals surface area (Å²) in [6.45, 7) is 4.32. The molecule has 0 saturated heterocycles. The summed E-state index contributed by atoms with van der Waals surface area (Å²) in [5.74, 6) is -0.249. The van der Waals surface area contributed by atoms with Crippen molar-refractivity contribution in [3.8, 4) is 0 Å². The van der Waals surface area contributed by atoms with Crippen molar-refractivity contribution in [1.82, 2.24) is 10.3 Å². The van der Waals surface area contributed by atoms with Crippen LogP contribution in [0.1, 0.15) is 36.5 Å². The van der Waals surface area contributed by atoms with Gasteiger partial charge in [-0.2, -0.15) is 0 Å². The third-order valence-electron chi connectivity index (χ3n) is 3.44. The smallest absolute Gasteiger partial charge is 0.291 e. The SMILES string of the molecule is Cc1nc(CCNC(=O)c2sc(NC(=O)c3ccco3)cc2C)cs1. The lowest BCUT2D eigenvalue weighted by Crippen LogP contribution is -2.25. The average molecular weight is 375 g/mol. The Kier molecular flexibility index (Phi) is 5.30. The van der Waals surface area contributed by atoms with Crippen LogP contribution in [0.25, 0.3) is 0 Å². The summed E-state index contributed by atoms with van der Waals surface area (Å²) in [6.07, 6.45) is 2.14. The Morgan fingerprint density at radius 1 is 1.28 bits per heavy atom. The maximum Gasteiger partial charge on any atom is 0.291 e. The molecule has 0 bridgehead atoms. The van der Waals surface area contributed by atoms with E-state index in [9.17, 15) is 9.59 Å². The number of thiophene rings is 1. The summed E-state index contributed by atoms with van der Waals surface area (Å²) in [6, 6.07) is 5.02. The van der Waals surface area contributed by atoms with Gasteiger partial charge in [-0.05, 0) is 37.6 Å². The van der Waals surface area contributed by atoms with Crippen molar-refractivity contribution in [2.24, 2.45) is 0 Å². The van der Waals surface area contributed by atoms with Crippen molar-refractivity contribution in [1.29, 1.82) is 0 Å². The first-order valence-corrected chi connectivity index (χ1v) is 9.37. The molecule has 130 valence electrons. The van der Waals surface area contributed by atoms with E-state index in [1.807, 2.05) is 19.2 Å². The second-order valence-electron chi connectivity index (χ2n) is 5.42. The lowest BCUT2D eigenvalue weighted by atomic mass is 10.2. The van der Waals surface area contributed by atoms with Crippen LogP contribution in [0.4, 0.5) is 5.00 Å². The van der Waals surface area contributed by atoms with Gasteiger partial charge < -0.3 is 15.1 Å². The van der Waals surface area contributed by atoms with Gasteiger partial charge in [-0.3, -0.25) is 9.59 Å². The Hall–Kier alpha value is -2.45. The molecule has 3 aromatic heterocycles. The van der Waals surface area contributed by atoms with E-state index < -0.39 is 0 Å². The molecular weight excluding hydrogens is 358 g/mol. The van der Waals surface area contributed by atoms with Gasteiger partial charge in [0.05, 0.1) is 26.8 Å². The van der Waals surface area contributed by atoms with Crippen LogP contribution in [0.5, 0.6) is 0 Å². The van der Waals surface area contributed by atoms with Gasteiger partial charge >= 0.3 is 0 Å². The van der Waals surface area contributed by atoms with Gasteiger partial charge in [-0.1, -0.05) is 0 Å². The molecule has 2 amide bonds. The Morgan fingerprint density at radius 2 is 2.12 bits per heavy atom. The predicted octanol–water partition coefficient (Wildman–Crippen LogP) is 3.64. The molecule has 2 N–H and O–H groups in total. The largest absolute Gasteiger partial charge is 0.459 e. The summed E-state index contributed by atoms with van der Waals surface area (Å²) >= 11 is 2.84. The maximum absolute atomic E-state index is 12.3. The van der Waals surface area contributed by atoms with Gasteiger partial charge in [-0.15, -0.1) is 22.7 Å². The number of carbonyl (C=O) groups excluding carboxylic acids is 2. The van der Waals surface area contributed by atoms with E-state index in [2.05, 4.69) is 15.6 Å². The van der Waals surface area contributed by atoms with Crippen LogP contribution >= 0.6 is 22.7 Å². The Balaban J connectivity index is 1.57. The second-order valence-corrected chi connectivity index (χ2v) is 7.53. The van der Waals surface area contributed by atoms with Crippen LogP contribution in [0.15, 0.2) is 34.3 Å². The molecule has 3 aromatic rings. The summed E-state index contributed by atoms with van der Waals surface area (Å²) in [7, 11) is 0. The summed E-state index contributed by atoms with van der Waals surface area (Å²) in [5.41, 5.74) is 1.80. The molecule has 0 atom stereocenters. The van der Waals surface area contributed by atoms with Gasteiger partial charge in [0.2, 0.25) is 0 Å². The molecule has 6 nitrogen and oxygen atoms in total. The fourth-order valence-electron chi connectivity index (χ4n) is 2.26. The molecule has 0 aliphatic heterocycles. The number of furan rings is 1. The van der Waals surface area contributed by atoms with Crippen LogP contribution in [-0.4, -0.2) is 23.3 Å². The first-order valence-electron chi connectivity index (χ1n) is 7.67. The van der Waals surface area contributed by atoms with E-state index in [1.54, 1.807) is 29.5 Å². The zero-order valence-corrected chi connectivity index (χ0v) is 15.4. The molecule has 3 rings (SSSR count). The monoisotopic (exact) mass is 375 g/mol. The van der Waals surface area contributed by atoms with Crippen LogP contribution in [0.2, 0.25) is 0 Å². The highest BCUT2D eigenvalue weighted by atomic mass is 32.1. The fraction of sp³-hybridized carbons (Fsp3) is 0.235. The number of carbonyl (C=O) groups is 2. The molecule has 25 heavy (non-hydrogen) atoms. The van der Waals surface area contributed by atoms with Gasteiger partial charge in [0.25, 0.3) is 11.8 Å². The molecular formula is C17H17N3O3S2. The number of rotatable bonds is 6. The van der Waals surface area contributed by atoms with E-state index >= 15 is 0 Å². The van der Waals surface area contributed by atoms with Gasteiger partial charge in [0.1, 0.15) is 0 Å². The predicted molar refractivity (Wildman–Crippen MR) is 98.6 cm³/mol. The van der Waals surface area contributed by atoms with E-state index in [1.165, 1.54) is 17.6 Å². The minimum absolute atomic E-state index is 0.145.